The molecule has 0 bridgehead atoms. The van der Waals surface area contributed by atoms with Crippen LogP contribution in [0.2, 0.25) is 0 Å². The summed E-state index contributed by atoms with van der Waals surface area (Å²) in [4.78, 5) is 45.0. The second-order valence-electron chi connectivity index (χ2n) is 10.9. The summed E-state index contributed by atoms with van der Waals surface area (Å²) >= 11 is 3.49. The van der Waals surface area contributed by atoms with Gasteiger partial charge in [0.05, 0.1) is 5.69 Å². The average molecular weight is 611 g/mol. The fourth-order valence-corrected chi connectivity index (χ4v) is 6.33. The van der Waals surface area contributed by atoms with Crippen LogP contribution in [-0.2, 0) is 22.6 Å². The van der Waals surface area contributed by atoms with Crippen LogP contribution < -0.4 is 10.2 Å². The van der Waals surface area contributed by atoms with E-state index in [1.165, 1.54) is 0 Å². The molecule has 1 heterocycles. The lowest BCUT2D eigenvalue weighted by Crippen LogP contribution is -2.54. The number of nitrogens with one attached hydrogen (secondary N) is 1. The van der Waals surface area contributed by atoms with E-state index < -0.39 is 6.04 Å². The van der Waals surface area contributed by atoms with Crippen LogP contribution in [0.1, 0.15) is 47.2 Å². The maximum Gasteiger partial charge on any atom is 0.259 e. The van der Waals surface area contributed by atoms with Crippen molar-refractivity contribution in [3.63, 3.8) is 0 Å². The molecular formula is C34H32BrN3O3. The highest BCUT2D eigenvalue weighted by Crippen LogP contribution is 2.37. The first-order valence-electron chi connectivity index (χ1n) is 14.2. The molecule has 41 heavy (non-hydrogen) atoms. The number of carbonyl (C=O) groups excluding carboxylic acids is 3. The molecule has 3 amide bonds. The van der Waals surface area contributed by atoms with Gasteiger partial charge in [0.2, 0.25) is 11.8 Å². The molecule has 0 spiro atoms. The van der Waals surface area contributed by atoms with Gasteiger partial charge < -0.3 is 10.2 Å². The van der Waals surface area contributed by atoms with Crippen molar-refractivity contribution in [1.82, 2.24) is 10.2 Å². The Morgan fingerprint density at radius 2 is 1.59 bits per heavy atom. The third-order valence-corrected chi connectivity index (χ3v) is 8.71. The summed E-state index contributed by atoms with van der Waals surface area (Å²) < 4.78 is 0.937. The number of hydrogen-bond donors (Lipinski definition) is 1. The van der Waals surface area contributed by atoms with Gasteiger partial charge in [-0.2, -0.15) is 0 Å². The zero-order valence-corrected chi connectivity index (χ0v) is 24.3. The number of carbonyl (C=O) groups is 3. The van der Waals surface area contributed by atoms with Crippen LogP contribution in [0.15, 0.2) is 95.5 Å². The minimum Gasteiger partial charge on any atom is -0.352 e. The SMILES string of the molecule is O=C(NC1CCCC1)[C@@H](Cc1ccccc1)N(Cc1ccc(Br)cc1)C(=O)CN1C(=O)c2cccc3cccc1c23. The van der Waals surface area contributed by atoms with Crippen LogP contribution in [0.25, 0.3) is 10.8 Å². The monoisotopic (exact) mass is 609 g/mol. The molecule has 2 aliphatic rings. The zero-order valence-electron chi connectivity index (χ0n) is 22.8. The largest absolute Gasteiger partial charge is 0.352 e. The lowest BCUT2D eigenvalue weighted by atomic mass is 10.0. The smallest absolute Gasteiger partial charge is 0.259 e. The van der Waals surface area contributed by atoms with E-state index >= 15 is 0 Å². The van der Waals surface area contributed by atoms with Crippen molar-refractivity contribution < 1.29 is 14.4 Å². The van der Waals surface area contributed by atoms with Gasteiger partial charge in [0.1, 0.15) is 12.6 Å². The van der Waals surface area contributed by atoms with E-state index in [9.17, 15) is 14.4 Å². The molecule has 4 aromatic rings. The van der Waals surface area contributed by atoms with Gasteiger partial charge in [-0.3, -0.25) is 19.3 Å². The molecule has 0 radical (unpaired) electrons. The number of rotatable bonds is 9. The highest BCUT2D eigenvalue weighted by Gasteiger charge is 2.36. The molecule has 0 saturated heterocycles. The van der Waals surface area contributed by atoms with E-state index in [2.05, 4.69) is 21.2 Å². The molecule has 4 aromatic carbocycles. The maximum absolute atomic E-state index is 14.3. The van der Waals surface area contributed by atoms with Crippen molar-refractivity contribution >= 4 is 50.1 Å². The molecular weight excluding hydrogens is 578 g/mol. The first kappa shape index (κ1) is 27.2. The lowest BCUT2D eigenvalue weighted by Gasteiger charge is -2.33. The van der Waals surface area contributed by atoms with E-state index in [-0.39, 0.29) is 36.9 Å². The number of nitrogens with zero attached hydrogens (tertiary/aromatic N) is 2. The molecule has 6 nitrogen and oxygen atoms in total. The van der Waals surface area contributed by atoms with Crippen LogP contribution in [0.4, 0.5) is 5.69 Å². The van der Waals surface area contributed by atoms with E-state index in [0.29, 0.717) is 12.0 Å². The van der Waals surface area contributed by atoms with Crippen molar-refractivity contribution in [3.05, 3.63) is 112 Å². The van der Waals surface area contributed by atoms with Crippen LogP contribution >= 0.6 is 15.9 Å². The Kier molecular flexibility index (Phi) is 7.88. The van der Waals surface area contributed by atoms with Crippen molar-refractivity contribution in [2.24, 2.45) is 0 Å². The van der Waals surface area contributed by atoms with Crippen molar-refractivity contribution in [2.45, 2.75) is 50.7 Å². The molecule has 0 aromatic heterocycles. The molecule has 6 rings (SSSR count). The molecule has 1 aliphatic carbocycles. The van der Waals surface area contributed by atoms with Gasteiger partial charge in [0.25, 0.3) is 5.91 Å². The summed E-state index contributed by atoms with van der Waals surface area (Å²) in [5, 5.41) is 5.07. The van der Waals surface area contributed by atoms with Gasteiger partial charge >= 0.3 is 0 Å². The predicted molar refractivity (Wildman–Crippen MR) is 165 cm³/mol. The van der Waals surface area contributed by atoms with E-state index in [0.717, 1.165) is 57.7 Å². The first-order chi connectivity index (χ1) is 20.0. The van der Waals surface area contributed by atoms with Gasteiger partial charge in [0.15, 0.2) is 0 Å². The minimum atomic E-state index is -0.731. The minimum absolute atomic E-state index is 0.123. The number of amides is 3. The number of benzene rings is 4. The van der Waals surface area contributed by atoms with Crippen LogP contribution in [0.3, 0.4) is 0 Å². The first-order valence-corrected chi connectivity index (χ1v) is 15.0. The Labute approximate surface area is 248 Å². The molecule has 1 N–H and O–H groups in total. The number of hydrogen-bond acceptors (Lipinski definition) is 3. The Morgan fingerprint density at radius 1 is 0.878 bits per heavy atom. The molecule has 7 heteroatoms. The fraction of sp³-hybridized carbons (Fsp3) is 0.265. The number of halogens is 1. The van der Waals surface area contributed by atoms with Crippen LogP contribution in [-0.4, -0.2) is 41.2 Å². The van der Waals surface area contributed by atoms with Crippen molar-refractivity contribution in [3.8, 4) is 0 Å². The second-order valence-corrected chi connectivity index (χ2v) is 11.8. The second kappa shape index (κ2) is 11.9. The molecule has 1 fully saturated rings. The van der Waals surface area contributed by atoms with E-state index in [4.69, 9.17) is 0 Å². The van der Waals surface area contributed by atoms with Gasteiger partial charge in [0, 0.05) is 34.4 Å². The van der Waals surface area contributed by atoms with Gasteiger partial charge in [-0.15, -0.1) is 0 Å². The summed E-state index contributed by atoms with van der Waals surface area (Å²) in [5.41, 5.74) is 3.22. The highest BCUT2D eigenvalue weighted by atomic mass is 79.9. The quantitative estimate of drug-likeness (QED) is 0.243. The number of anilines is 1. The van der Waals surface area contributed by atoms with Crippen LogP contribution in [0, 0.1) is 0 Å². The molecule has 1 saturated carbocycles. The van der Waals surface area contributed by atoms with E-state index in [1.807, 2.05) is 91.0 Å². The summed E-state index contributed by atoms with van der Waals surface area (Å²) in [6.45, 7) is 0.103. The van der Waals surface area contributed by atoms with Gasteiger partial charge in [-0.1, -0.05) is 95.5 Å². The Bertz CT molecular complexity index is 1580. The Morgan fingerprint density at radius 3 is 2.32 bits per heavy atom. The Hall–Kier alpha value is -3.97. The maximum atomic E-state index is 14.3. The fourth-order valence-electron chi connectivity index (χ4n) is 6.07. The Balaban J connectivity index is 1.34. The van der Waals surface area contributed by atoms with Gasteiger partial charge in [-0.05, 0) is 53.6 Å². The topological polar surface area (TPSA) is 69.7 Å². The van der Waals surface area contributed by atoms with Gasteiger partial charge in [-0.25, -0.2) is 0 Å². The summed E-state index contributed by atoms with van der Waals surface area (Å²) in [7, 11) is 0. The normalized spacial score (nSPS) is 15.3. The molecule has 208 valence electrons. The highest BCUT2D eigenvalue weighted by molar-refractivity contribution is 9.10. The van der Waals surface area contributed by atoms with E-state index in [1.54, 1.807) is 9.80 Å². The third kappa shape index (κ3) is 5.77. The molecule has 0 unspecified atom stereocenters. The zero-order chi connectivity index (χ0) is 28.3. The van der Waals surface area contributed by atoms with Crippen molar-refractivity contribution in [1.29, 1.82) is 0 Å². The predicted octanol–water partition coefficient (Wildman–Crippen LogP) is 6.26. The molecule has 1 aliphatic heterocycles. The molecule has 1 atom stereocenters. The third-order valence-electron chi connectivity index (χ3n) is 8.18. The average Bonchev–Trinajstić information content (AvgIpc) is 3.60. The van der Waals surface area contributed by atoms with Crippen LogP contribution in [0.5, 0.6) is 0 Å². The standard InChI is InChI=1S/C34H32BrN3O3/c35-26-18-16-24(17-19-26)21-37(30(20-23-8-2-1-3-9-23)33(40)36-27-12-4-5-13-27)31(39)22-38-29-15-7-11-25-10-6-14-28(32(25)29)34(38)41/h1-3,6-11,14-19,27,30H,4-5,12-13,20-22H2,(H,36,40)/t30-/m1/s1. The summed E-state index contributed by atoms with van der Waals surface area (Å²) in [6.07, 6.45) is 4.48. The van der Waals surface area contributed by atoms with Crippen molar-refractivity contribution in [2.75, 3.05) is 11.4 Å². The summed E-state index contributed by atoms with van der Waals surface area (Å²) in [5.74, 6) is -0.610. The summed E-state index contributed by atoms with van der Waals surface area (Å²) in [6, 6.07) is 28.4. The lowest BCUT2D eigenvalue weighted by molar-refractivity contribution is -0.140.